The second-order valence-corrected chi connectivity index (χ2v) is 14.1. The van der Waals surface area contributed by atoms with E-state index in [1.807, 2.05) is 0 Å². The van der Waals surface area contributed by atoms with Crippen LogP contribution in [0.3, 0.4) is 0 Å². The quantitative estimate of drug-likeness (QED) is 0.388. The van der Waals surface area contributed by atoms with Gasteiger partial charge in [-0.3, -0.25) is 0 Å². The third kappa shape index (κ3) is 6.11. The molecule has 2 aliphatic rings. The molecule has 0 saturated carbocycles. The van der Waals surface area contributed by atoms with Gasteiger partial charge in [0, 0.05) is 0 Å². The Morgan fingerprint density at radius 1 is 0.743 bits per heavy atom. The van der Waals surface area contributed by atoms with Crippen LogP contribution in [0.15, 0.2) is 51.8 Å². The summed E-state index contributed by atoms with van der Waals surface area (Å²) in [5, 5.41) is 0. The third-order valence-electron chi connectivity index (χ3n) is 6.90. The Labute approximate surface area is 237 Å². The van der Waals surface area contributed by atoms with E-state index in [-0.39, 0.29) is 24.8 Å². The first-order chi connectivity index (χ1) is 15.7. The number of fused-ring (bicyclic) bond motifs is 3. The number of allylic oxidation sites excluding steroid dienone is 4. The van der Waals surface area contributed by atoms with Gasteiger partial charge in [-0.15, -0.1) is 0 Å². The number of anilines is 2. The maximum atomic E-state index is 2.65. The van der Waals surface area contributed by atoms with Crippen LogP contribution in [-0.4, -0.2) is 24.2 Å². The monoisotopic (exact) mass is 588 g/mol. The van der Waals surface area contributed by atoms with Crippen molar-refractivity contribution in [3.05, 3.63) is 63.0 Å². The Hall–Kier alpha value is -1.02. The second-order valence-electron chi connectivity index (χ2n) is 10.6. The van der Waals surface area contributed by atoms with Crippen LogP contribution < -0.4 is 37.9 Å². The molecule has 2 aromatic rings. The van der Waals surface area contributed by atoms with Crippen molar-refractivity contribution in [1.29, 1.82) is 0 Å². The van der Waals surface area contributed by atoms with Crippen LogP contribution >= 0.6 is 0 Å². The molecule has 0 spiro atoms. The summed E-state index contributed by atoms with van der Waals surface area (Å²) in [6.07, 6.45) is 9.22. The van der Waals surface area contributed by atoms with Gasteiger partial charge in [0.25, 0.3) is 0 Å². The molecule has 0 atom stereocenters. The Kier molecular flexibility index (Phi) is 10.8. The summed E-state index contributed by atoms with van der Waals surface area (Å²) in [7, 11) is 0. The topological polar surface area (TPSA) is 6.48 Å². The maximum Gasteiger partial charge on any atom is -1.00 e. The van der Waals surface area contributed by atoms with E-state index < -0.39 is 23.2 Å². The van der Waals surface area contributed by atoms with Gasteiger partial charge in [-0.1, -0.05) is 0 Å². The molecule has 0 heterocycles. The predicted octanol–water partition coefficient (Wildman–Crippen LogP) is 1.06. The molecule has 0 unspecified atom stereocenters. The number of rotatable bonds is 8. The largest absolute Gasteiger partial charge is 1.00 e. The number of nitrogens with zero attached hydrogens (tertiary/aromatic N) is 2. The molecule has 35 heavy (non-hydrogen) atoms. The van der Waals surface area contributed by atoms with Crippen molar-refractivity contribution in [2.75, 3.05) is 9.80 Å². The van der Waals surface area contributed by atoms with Gasteiger partial charge in [0.05, 0.1) is 0 Å². The molecule has 188 valence electrons. The van der Waals surface area contributed by atoms with Gasteiger partial charge in [0.2, 0.25) is 0 Å². The average Bonchev–Trinajstić information content (AvgIpc) is 3.35. The molecule has 2 aliphatic carbocycles. The maximum absolute atomic E-state index is 2.65. The van der Waals surface area contributed by atoms with E-state index in [1.165, 1.54) is 28.1 Å². The van der Waals surface area contributed by atoms with E-state index in [9.17, 15) is 0 Å². The summed E-state index contributed by atoms with van der Waals surface area (Å²) in [6, 6.07) is 14.1. The van der Waals surface area contributed by atoms with Crippen LogP contribution in [0.5, 0.6) is 0 Å². The average molecular weight is 591 g/mol. The summed E-state index contributed by atoms with van der Waals surface area (Å²) in [5.74, 6) is 0. The molecule has 0 saturated heterocycles. The van der Waals surface area contributed by atoms with E-state index >= 15 is 0 Å². The molecule has 4 rings (SSSR count). The van der Waals surface area contributed by atoms with Gasteiger partial charge in [0.15, 0.2) is 0 Å². The van der Waals surface area contributed by atoms with Gasteiger partial charge in [-0.2, -0.15) is 0 Å². The van der Waals surface area contributed by atoms with Crippen molar-refractivity contribution in [1.82, 2.24) is 0 Å². The van der Waals surface area contributed by atoms with Crippen LogP contribution in [0.4, 0.5) is 11.4 Å². The first kappa shape index (κ1) is 30.2. The SMILES string of the molecule is CC(C)N(c1ccc2c(c1)Cc1c-2ccc(N(C(C)C)C(C)C)[c]1[Zr+2][C]1=CC=CC1)C(C)C.[Cl-].[Cl-]. The van der Waals surface area contributed by atoms with E-state index in [4.69, 9.17) is 0 Å². The minimum atomic E-state index is -0.861. The van der Waals surface area contributed by atoms with Gasteiger partial charge < -0.3 is 24.8 Å². The molecule has 0 N–H and O–H groups in total. The normalized spacial score (nSPS) is 13.4. The van der Waals surface area contributed by atoms with Crippen molar-refractivity contribution >= 4 is 14.6 Å². The Morgan fingerprint density at radius 2 is 1.34 bits per heavy atom. The first-order valence-corrected chi connectivity index (χ1v) is 15.1. The van der Waals surface area contributed by atoms with Crippen LogP contribution in [-0.2, 0) is 29.7 Å². The van der Waals surface area contributed by atoms with Crippen molar-refractivity contribution < 1.29 is 48.0 Å². The molecule has 0 amide bonds. The van der Waals surface area contributed by atoms with Gasteiger partial charge in [-0.05, 0) is 0 Å². The van der Waals surface area contributed by atoms with E-state index in [0.717, 1.165) is 12.8 Å². The number of hydrogen-bond acceptors (Lipinski definition) is 2. The van der Waals surface area contributed by atoms with Crippen molar-refractivity contribution in [3.63, 3.8) is 0 Å². The fraction of sp³-hybridized carbons (Fsp3) is 0.467. The van der Waals surface area contributed by atoms with E-state index in [2.05, 4.69) is 114 Å². The summed E-state index contributed by atoms with van der Waals surface area (Å²) >= 11 is -0.861. The van der Waals surface area contributed by atoms with Crippen molar-refractivity contribution in [2.24, 2.45) is 0 Å². The number of halogens is 2. The molecule has 2 nitrogen and oxygen atoms in total. The summed E-state index contributed by atoms with van der Waals surface area (Å²) in [6.45, 7) is 18.6. The molecule has 0 aliphatic heterocycles. The van der Waals surface area contributed by atoms with Crippen molar-refractivity contribution in [3.8, 4) is 11.1 Å². The van der Waals surface area contributed by atoms with Crippen molar-refractivity contribution in [2.45, 2.75) is 92.4 Å². The predicted molar refractivity (Wildman–Crippen MR) is 142 cm³/mol. The fourth-order valence-corrected chi connectivity index (χ4v) is 9.34. The molecular formula is C30H40Cl2N2Zr. The molecule has 0 bridgehead atoms. The minimum Gasteiger partial charge on any atom is -1.00 e. The molecule has 0 radical (unpaired) electrons. The van der Waals surface area contributed by atoms with Crippen LogP contribution in [0.25, 0.3) is 11.1 Å². The zero-order valence-electron chi connectivity index (χ0n) is 22.5. The smallest absolute Gasteiger partial charge is 1.00 e. The fourth-order valence-electron chi connectivity index (χ4n) is 5.81. The van der Waals surface area contributed by atoms with Crippen LogP contribution in [0.2, 0.25) is 0 Å². The van der Waals surface area contributed by atoms with E-state index in [0.29, 0.717) is 24.2 Å². The number of hydrogen-bond donors (Lipinski definition) is 0. The molecule has 0 aromatic heterocycles. The summed E-state index contributed by atoms with van der Waals surface area (Å²) < 4.78 is 3.40. The molecule has 5 heteroatoms. The Bertz CT molecular complexity index is 1070. The number of benzene rings is 2. The third-order valence-corrected chi connectivity index (χ3v) is 10.6. The van der Waals surface area contributed by atoms with Gasteiger partial charge >= 0.3 is 214 Å². The Morgan fingerprint density at radius 3 is 1.89 bits per heavy atom. The van der Waals surface area contributed by atoms with Gasteiger partial charge in [0.1, 0.15) is 0 Å². The van der Waals surface area contributed by atoms with E-state index in [1.54, 1.807) is 12.1 Å². The molecule has 2 aromatic carbocycles. The molecule has 0 fully saturated rings. The standard InChI is InChI=1S/C25H35N2.C5H5.2ClH.Zr/c1-16(2)26(17(3)4)22-9-11-24-20(14-22)13-21-15-23(10-12-25(21)24)27(18(5)6)19(7)8;1-2-4-5-3-1;;;/h9-12,14,16-19H,13H2,1-8H3;1-3H,4H2;2*1H;/q;;;;+2/p-2. The first-order valence-electron chi connectivity index (χ1n) is 12.7. The summed E-state index contributed by atoms with van der Waals surface area (Å²) in [4.78, 5) is 5.19. The Balaban J connectivity index is 0.00000216. The summed E-state index contributed by atoms with van der Waals surface area (Å²) in [5.41, 5.74) is 8.92. The second kappa shape index (κ2) is 12.5. The van der Waals surface area contributed by atoms with Gasteiger partial charge in [-0.25, -0.2) is 0 Å². The zero-order chi connectivity index (χ0) is 23.9. The molecular weight excluding hydrogens is 550 g/mol. The zero-order valence-corrected chi connectivity index (χ0v) is 26.5. The minimum absolute atomic E-state index is 0. The van der Waals surface area contributed by atoms with Crippen LogP contribution in [0, 0.1) is 0 Å². The van der Waals surface area contributed by atoms with Crippen LogP contribution in [0.1, 0.15) is 72.9 Å².